The second kappa shape index (κ2) is 8.75. The standard InChI is InChI=1S/C23H22O10/c1-10-5-14-21-18(30-10)7-13(25)8-19(21)31-22(12-3-4-15(26)17(28)6-12)23(14)32-20(33-29)9-16(27)11(2)24/h3-8,11,16,20,24,26-29H,9H2,1-2H3/p+1. The predicted molar refractivity (Wildman–Crippen MR) is 115 cm³/mol. The highest BCUT2D eigenvalue weighted by Gasteiger charge is 2.26. The number of ether oxygens (including phenoxy) is 1. The Kier molecular flexibility index (Phi) is 6.00. The van der Waals surface area contributed by atoms with Crippen molar-refractivity contribution in [3.05, 3.63) is 47.6 Å². The van der Waals surface area contributed by atoms with Crippen LogP contribution in [-0.2, 0) is 4.89 Å². The Labute approximate surface area is 186 Å². The zero-order valence-electron chi connectivity index (χ0n) is 17.7. The van der Waals surface area contributed by atoms with Crippen LogP contribution in [0.4, 0.5) is 0 Å². The molecule has 2 heterocycles. The van der Waals surface area contributed by atoms with Gasteiger partial charge in [-0.2, -0.15) is 4.89 Å². The van der Waals surface area contributed by atoms with E-state index in [1.807, 2.05) is 0 Å². The SMILES string of the molecule is Cc1cc2c(OC(CC(O)C(C)O)OO)c(-c3ccc(O)c(O)c3)oc3cc(=[OH+])cc(o1)c32. The Morgan fingerprint density at radius 2 is 1.70 bits per heavy atom. The number of rotatable bonds is 7. The van der Waals surface area contributed by atoms with E-state index in [-0.39, 0.29) is 34.7 Å². The van der Waals surface area contributed by atoms with Crippen LogP contribution in [-0.4, -0.2) is 49.0 Å². The molecule has 2 aromatic carbocycles. The minimum absolute atomic E-state index is 0.0685. The minimum atomic E-state index is -1.40. The van der Waals surface area contributed by atoms with Crippen LogP contribution in [0.1, 0.15) is 19.1 Å². The maximum atomic E-state index is 10.1. The third-order valence-corrected chi connectivity index (χ3v) is 5.20. The van der Waals surface area contributed by atoms with Crippen molar-refractivity contribution in [2.24, 2.45) is 0 Å². The van der Waals surface area contributed by atoms with Gasteiger partial charge in [-0.1, -0.05) is 0 Å². The molecule has 6 N–H and O–H groups in total. The van der Waals surface area contributed by atoms with E-state index in [9.17, 15) is 30.5 Å². The highest BCUT2D eigenvalue weighted by molar-refractivity contribution is 6.09. The molecule has 174 valence electrons. The number of hydrogen-bond donors (Lipinski definition) is 5. The molecule has 0 spiro atoms. The van der Waals surface area contributed by atoms with Crippen LogP contribution in [0.25, 0.3) is 33.3 Å². The van der Waals surface area contributed by atoms with Gasteiger partial charge in [0, 0.05) is 17.4 Å². The van der Waals surface area contributed by atoms with Gasteiger partial charge in [0.05, 0.1) is 29.7 Å². The number of benzene rings is 2. The van der Waals surface area contributed by atoms with Crippen molar-refractivity contribution >= 4 is 21.9 Å². The molecular formula is C23H23O10+. The van der Waals surface area contributed by atoms with Gasteiger partial charge in [-0.05, 0) is 38.1 Å². The van der Waals surface area contributed by atoms with Crippen molar-refractivity contribution < 1.29 is 48.9 Å². The molecule has 2 aromatic heterocycles. The summed E-state index contributed by atoms with van der Waals surface area (Å²) in [5.74, 6) is -0.143. The first kappa shape index (κ1) is 22.6. The lowest BCUT2D eigenvalue weighted by Crippen LogP contribution is -2.31. The molecule has 0 aliphatic carbocycles. The summed E-state index contributed by atoms with van der Waals surface area (Å²) in [5.41, 5.74) is 0.740. The quantitative estimate of drug-likeness (QED) is 0.0917. The predicted octanol–water partition coefficient (Wildman–Crippen LogP) is 2.90. The molecule has 0 radical (unpaired) electrons. The summed E-state index contributed by atoms with van der Waals surface area (Å²) in [7, 11) is 0. The molecule has 4 aromatic rings. The van der Waals surface area contributed by atoms with Crippen molar-refractivity contribution in [3.63, 3.8) is 0 Å². The normalized spacial score (nSPS) is 14.5. The van der Waals surface area contributed by atoms with Gasteiger partial charge in [0.25, 0.3) is 0 Å². The third kappa shape index (κ3) is 4.37. The highest BCUT2D eigenvalue weighted by atomic mass is 17.1. The summed E-state index contributed by atoms with van der Waals surface area (Å²) in [6.45, 7) is 3.07. The largest absolute Gasteiger partial charge is 0.504 e. The lowest BCUT2D eigenvalue weighted by Gasteiger charge is -2.23. The summed E-state index contributed by atoms with van der Waals surface area (Å²) in [4.78, 5) is 14.5. The van der Waals surface area contributed by atoms with E-state index in [0.717, 1.165) is 0 Å². The lowest BCUT2D eigenvalue weighted by molar-refractivity contribution is -0.331. The summed E-state index contributed by atoms with van der Waals surface area (Å²) in [5, 5.41) is 49.7. The highest BCUT2D eigenvalue weighted by Crippen LogP contribution is 2.44. The van der Waals surface area contributed by atoms with Crippen molar-refractivity contribution in [1.29, 1.82) is 0 Å². The molecule has 0 saturated heterocycles. The first-order valence-electron chi connectivity index (χ1n) is 10.1. The summed E-state index contributed by atoms with van der Waals surface area (Å²) < 4.78 is 17.6. The van der Waals surface area contributed by atoms with Crippen LogP contribution < -0.4 is 10.2 Å². The van der Waals surface area contributed by atoms with Crippen LogP contribution in [0.3, 0.4) is 0 Å². The Hall–Kier alpha value is -3.57. The molecule has 10 nitrogen and oxygen atoms in total. The number of phenols is 2. The van der Waals surface area contributed by atoms with Gasteiger partial charge < -0.3 is 34.0 Å². The van der Waals surface area contributed by atoms with Gasteiger partial charge in [0.1, 0.15) is 16.9 Å². The Morgan fingerprint density at radius 3 is 2.33 bits per heavy atom. The second-order valence-corrected chi connectivity index (χ2v) is 7.75. The van der Waals surface area contributed by atoms with E-state index in [1.165, 1.54) is 37.3 Å². The maximum absolute atomic E-state index is 10.1. The van der Waals surface area contributed by atoms with Gasteiger partial charge in [0.15, 0.2) is 23.0 Å². The molecule has 3 atom stereocenters. The topological polar surface area (TPSA) is 167 Å². The average Bonchev–Trinajstić information content (AvgIpc) is 2.75. The summed E-state index contributed by atoms with van der Waals surface area (Å²) in [6.07, 6.45) is -4.05. The van der Waals surface area contributed by atoms with Gasteiger partial charge >= 0.3 is 5.43 Å². The average molecular weight is 459 g/mol. The molecule has 0 saturated carbocycles. The number of aliphatic hydroxyl groups is 2. The molecule has 33 heavy (non-hydrogen) atoms. The second-order valence-electron chi connectivity index (χ2n) is 7.75. The molecule has 0 amide bonds. The van der Waals surface area contributed by atoms with E-state index in [1.54, 1.807) is 13.0 Å². The Balaban J connectivity index is 2.00. The number of aliphatic hydroxyl groups excluding tert-OH is 2. The van der Waals surface area contributed by atoms with Crippen LogP contribution in [0.15, 0.2) is 45.2 Å². The van der Waals surface area contributed by atoms with Crippen molar-refractivity contribution in [1.82, 2.24) is 0 Å². The zero-order valence-corrected chi connectivity index (χ0v) is 17.7. The first-order chi connectivity index (χ1) is 15.7. The van der Waals surface area contributed by atoms with Crippen molar-refractivity contribution in [2.45, 2.75) is 38.8 Å². The molecular weight excluding hydrogens is 436 g/mol. The monoisotopic (exact) mass is 459 g/mol. The summed E-state index contributed by atoms with van der Waals surface area (Å²) in [6, 6.07) is 8.42. The third-order valence-electron chi connectivity index (χ3n) is 5.20. The molecule has 0 fully saturated rings. The van der Waals surface area contributed by atoms with Crippen LogP contribution in [0, 0.1) is 6.92 Å². The summed E-state index contributed by atoms with van der Waals surface area (Å²) >= 11 is 0. The fourth-order valence-corrected chi connectivity index (χ4v) is 3.55. The van der Waals surface area contributed by atoms with Gasteiger partial charge in [0.2, 0.25) is 6.29 Å². The number of hydrogen-bond acceptors (Lipinski definition) is 9. The van der Waals surface area contributed by atoms with Crippen molar-refractivity contribution in [2.75, 3.05) is 0 Å². The van der Waals surface area contributed by atoms with Gasteiger partial charge in [-0.25, -0.2) is 5.26 Å². The van der Waals surface area contributed by atoms with E-state index < -0.39 is 24.2 Å². The minimum Gasteiger partial charge on any atom is -0.504 e. The molecule has 10 heteroatoms. The van der Waals surface area contributed by atoms with Crippen LogP contribution in [0.2, 0.25) is 0 Å². The molecule has 3 unspecified atom stereocenters. The number of phenolic OH excluding ortho intramolecular Hbond substituents is 2. The van der Waals surface area contributed by atoms with Crippen LogP contribution >= 0.6 is 0 Å². The number of aromatic hydroxyl groups is 2. The zero-order chi connectivity index (χ0) is 23.9. The fraction of sp³-hybridized carbons (Fsp3) is 0.261. The number of aryl methyl sites for hydroxylation is 1. The Bertz CT molecular complexity index is 1370. The van der Waals surface area contributed by atoms with Crippen LogP contribution in [0.5, 0.6) is 17.2 Å². The lowest BCUT2D eigenvalue weighted by atomic mass is 10.0. The molecule has 0 bridgehead atoms. The van der Waals surface area contributed by atoms with E-state index in [4.69, 9.17) is 13.6 Å². The fourth-order valence-electron chi connectivity index (χ4n) is 3.55. The van der Waals surface area contributed by atoms with Gasteiger partial charge in [-0.3, -0.25) is 4.79 Å². The van der Waals surface area contributed by atoms with Gasteiger partial charge in [-0.15, -0.1) is 0 Å². The van der Waals surface area contributed by atoms with E-state index >= 15 is 0 Å². The smallest absolute Gasteiger partial charge is 0.347 e. The first-order valence-corrected chi connectivity index (χ1v) is 10.1. The molecule has 0 aliphatic heterocycles. The van der Waals surface area contributed by atoms with E-state index in [2.05, 4.69) is 4.89 Å². The molecule has 4 rings (SSSR count). The Morgan fingerprint density at radius 1 is 1.00 bits per heavy atom. The molecule has 0 aliphatic rings. The van der Waals surface area contributed by atoms with E-state index in [0.29, 0.717) is 27.7 Å². The maximum Gasteiger partial charge on any atom is 0.347 e. The van der Waals surface area contributed by atoms with Crippen molar-refractivity contribution in [3.8, 4) is 28.6 Å².